The molecule has 0 aromatic rings. The first-order valence-electron chi connectivity index (χ1n) is 6.62. The van der Waals surface area contributed by atoms with E-state index in [4.69, 9.17) is 4.43 Å². The number of hydrogen-bond donors (Lipinski definition) is 1. The van der Waals surface area contributed by atoms with Crippen LogP contribution in [-0.2, 0) is 14.0 Å². The summed E-state index contributed by atoms with van der Waals surface area (Å²) in [5.41, 5.74) is 0. The van der Waals surface area contributed by atoms with Crippen molar-refractivity contribution in [2.24, 2.45) is 23.7 Å². The minimum absolute atomic E-state index is 0.0806. The molecule has 4 atom stereocenters. The molecule has 1 saturated carbocycles. The fourth-order valence-corrected chi connectivity index (χ4v) is 4.47. The van der Waals surface area contributed by atoms with Gasteiger partial charge in [0, 0.05) is 5.92 Å². The van der Waals surface area contributed by atoms with E-state index < -0.39 is 8.32 Å². The predicted molar refractivity (Wildman–Crippen MR) is 68.9 cm³/mol. The Kier molecular flexibility index (Phi) is 2.45. The highest BCUT2D eigenvalue weighted by molar-refractivity contribution is 6.70. The Morgan fingerprint density at radius 3 is 2.50 bits per heavy atom. The number of hydrogen-bond acceptors (Lipinski definition) is 3. The number of nitrogens with one attached hydrogen (secondary N) is 1. The van der Waals surface area contributed by atoms with E-state index >= 15 is 0 Å². The van der Waals surface area contributed by atoms with Gasteiger partial charge in [-0.1, -0.05) is 0 Å². The molecular weight excluding hydrogens is 246 g/mol. The molecule has 4 nitrogen and oxygen atoms in total. The van der Waals surface area contributed by atoms with Crippen LogP contribution in [0.3, 0.4) is 0 Å². The lowest BCUT2D eigenvalue weighted by Gasteiger charge is -2.43. The van der Waals surface area contributed by atoms with Gasteiger partial charge in [0.1, 0.15) is 0 Å². The molecule has 0 aromatic heterocycles. The molecule has 3 aliphatic carbocycles. The van der Waals surface area contributed by atoms with Crippen LogP contribution in [0.4, 0.5) is 0 Å². The van der Waals surface area contributed by atoms with E-state index in [2.05, 4.69) is 31.0 Å². The number of rotatable bonds is 2. The second kappa shape index (κ2) is 3.70. The Bertz CT molecular complexity index is 452. The Hall–Kier alpha value is -1.10. The monoisotopic (exact) mass is 265 g/mol. The van der Waals surface area contributed by atoms with Crippen LogP contribution in [0.5, 0.6) is 0 Å². The van der Waals surface area contributed by atoms with Crippen molar-refractivity contribution in [3.63, 3.8) is 0 Å². The van der Waals surface area contributed by atoms with Gasteiger partial charge in [-0.15, -0.1) is 0 Å². The molecule has 0 spiro atoms. The summed E-state index contributed by atoms with van der Waals surface area (Å²) in [7, 11) is -1.65. The Labute approximate surface area is 108 Å². The van der Waals surface area contributed by atoms with Crippen LogP contribution in [0.1, 0.15) is 12.8 Å². The molecule has 1 unspecified atom stereocenters. The van der Waals surface area contributed by atoms with Gasteiger partial charge in [0.2, 0.25) is 20.1 Å². The summed E-state index contributed by atoms with van der Waals surface area (Å²) in [4.78, 5) is 23.7. The van der Waals surface area contributed by atoms with Crippen LogP contribution in [0.2, 0.25) is 19.6 Å². The van der Waals surface area contributed by atoms with Crippen LogP contribution in [0.25, 0.3) is 0 Å². The standard InChI is InChI=1S/C13H19NO3Si/c1-18(2,3)17-9-6-7-4-5-8(9)11-10(7)12(15)14-13(11)16/h6-8,10-11H,4-5H2,1-3H3,(H,14,15,16)/t7?,8-,10-,11+/m0/s1. The van der Waals surface area contributed by atoms with E-state index in [1.807, 2.05) is 0 Å². The molecule has 1 N–H and O–H groups in total. The predicted octanol–water partition coefficient (Wildman–Crippen LogP) is 1.65. The van der Waals surface area contributed by atoms with Gasteiger partial charge in [-0.2, -0.15) is 0 Å². The molecule has 98 valence electrons. The average Bonchev–Trinajstić information content (AvgIpc) is 2.55. The van der Waals surface area contributed by atoms with Crippen molar-refractivity contribution in [1.82, 2.24) is 5.32 Å². The van der Waals surface area contributed by atoms with Crippen molar-refractivity contribution in [3.05, 3.63) is 11.8 Å². The maximum Gasteiger partial charge on any atom is 0.241 e. The maximum absolute atomic E-state index is 11.9. The lowest BCUT2D eigenvalue weighted by atomic mass is 9.62. The molecule has 0 aromatic carbocycles. The van der Waals surface area contributed by atoms with Crippen molar-refractivity contribution in [2.75, 3.05) is 0 Å². The highest BCUT2D eigenvalue weighted by atomic mass is 28.4. The molecule has 2 amide bonds. The van der Waals surface area contributed by atoms with E-state index in [0.29, 0.717) is 0 Å². The Morgan fingerprint density at radius 2 is 1.83 bits per heavy atom. The molecule has 4 rings (SSSR count). The van der Waals surface area contributed by atoms with E-state index in [0.717, 1.165) is 18.6 Å². The maximum atomic E-state index is 11.9. The van der Waals surface area contributed by atoms with Gasteiger partial charge in [0.15, 0.2) is 0 Å². The molecule has 0 radical (unpaired) electrons. The Morgan fingerprint density at radius 1 is 1.17 bits per heavy atom. The van der Waals surface area contributed by atoms with E-state index in [9.17, 15) is 9.59 Å². The van der Waals surface area contributed by atoms with Gasteiger partial charge in [-0.05, 0) is 44.5 Å². The first kappa shape index (κ1) is 12.0. The number of amides is 2. The quantitative estimate of drug-likeness (QED) is 0.610. The third kappa shape index (κ3) is 1.72. The molecule has 1 aliphatic heterocycles. The third-order valence-corrected chi connectivity index (χ3v) is 4.96. The van der Waals surface area contributed by atoms with Crippen LogP contribution in [0, 0.1) is 23.7 Å². The highest BCUT2D eigenvalue weighted by Gasteiger charge is 2.56. The zero-order valence-corrected chi connectivity index (χ0v) is 12.0. The summed E-state index contributed by atoms with van der Waals surface area (Å²) in [6.45, 7) is 6.44. The Balaban J connectivity index is 1.93. The number of imide groups is 1. The highest BCUT2D eigenvalue weighted by Crippen LogP contribution is 2.51. The zero-order chi connectivity index (χ0) is 13.1. The van der Waals surface area contributed by atoms with Gasteiger partial charge < -0.3 is 4.43 Å². The minimum Gasteiger partial charge on any atom is -0.547 e. The van der Waals surface area contributed by atoms with Crippen molar-refractivity contribution >= 4 is 20.1 Å². The molecule has 18 heavy (non-hydrogen) atoms. The van der Waals surface area contributed by atoms with Gasteiger partial charge >= 0.3 is 0 Å². The summed E-state index contributed by atoms with van der Waals surface area (Å²) < 4.78 is 6.11. The molecule has 2 fully saturated rings. The summed E-state index contributed by atoms with van der Waals surface area (Å²) in [5.74, 6) is 0.817. The number of carbonyl (C=O) groups excluding carboxylic acids is 2. The summed E-state index contributed by atoms with van der Waals surface area (Å²) in [6.07, 6.45) is 4.10. The third-order valence-electron chi connectivity index (χ3n) is 4.11. The van der Waals surface area contributed by atoms with Crippen LogP contribution in [-0.4, -0.2) is 20.1 Å². The first-order valence-corrected chi connectivity index (χ1v) is 10.0. The van der Waals surface area contributed by atoms with Crippen LogP contribution in [0.15, 0.2) is 11.8 Å². The van der Waals surface area contributed by atoms with Crippen molar-refractivity contribution in [1.29, 1.82) is 0 Å². The molecule has 5 heteroatoms. The lowest BCUT2D eigenvalue weighted by Crippen LogP contribution is -2.43. The molecule has 1 saturated heterocycles. The fraction of sp³-hybridized carbons (Fsp3) is 0.692. The second-order valence-electron chi connectivity index (χ2n) is 6.54. The minimum atomic E-state index is -1.65. The van der Waals surface area contributed by atoms with E-state index in [1.165, 1.54) is 0 Å². The van der Waals surface area contributed by atoms with Gasteiger partial charge in [-0.25, -0.2) is 0 Å². The van der Waals surface area contributed by atoms with Crippen molar-refractivity contribution in [3.8, 4) is 0 Å². The molecule has 2 bridgehead atoms. The zero-order valence-electron chi connectivity index (χ0n) is 11.0. The molecular formula is C13H19NO3Si. The van der Waals surface area contributed by atoms with E-state index in [-0.39, 0.29) is 35.5 Å². The van der Waals surface area contributed by atoms with Crippen LogP contribution < -0.4 is 5.32 Å². The number of carbonyl (C=O) groups is 2. The second-order valence-corrected chi connectivity index (χ2v) is 11.0. The molecule has 4 aliphatic rings. The largest absolute Gasteiger partial charge is 0.547 e. The topological polar surface area (TPSA) is 55.4 Å². The van der Waals surface area contributed by atoms with Gasteiger partial charge in [0.25, 0.3) is 0 Å². The number of fused-ring (bicyclic) bond motifs is 1. The lowest BCUT2D eigenvalue weighted by molar-refractivity contribution is -0.126. The normalized spacial score (nSPS) is 38.3. The smallest absolute Gasteiger partial charge is 0.241 e. The van der Waals surface area contributed by atoms with E-state index in [1.54, 1.807) is 0 Å². The van der Waals surface area contributed by atoms with Gasteiger partial charge in [0.05, 0.1) is 17.6 Å². The SMILES string of the molecule is C[Si](C)(C)OC1=CC2CC[C@@H]1[C@H]1C(=O)NC(=O)[C@@H]21. The van der Waals surface area contributed by atoms with Crippen LogP contribution >= 0.6 is 0 Å². The summed E-state index contributed by atoms with van der Waals surface area (Å²) in [5, 5.41) is 2.49. The van der Waals surface area contributed by atoms with Crippen molar-refractivity contribution in [2.45, 2.75) is 32.5 Å². The fourth-order valence-electron chi connectivity index (χ4n) is 3.54. The first-order chi connectivity index (χ1) is 8.37. The van der Waals surface area contributed by atoms with Crippen molar-refractivity contribution < 1.29 is 14.0 Å². The summed E-state index contributed by atoms with van der Waals surface area (Å²) >= 11 is 0. The average molecular weight is 265 g/mol. The molecule has 1 heterocycles. The number of allylic oxidation sites excluding steroid dienone is 2. The van der Waals surface area contributed by atoms with Gasteiger partial charge in [-0.3, -0.25) is 14.9 Å². The summed E-state index contributed by atoms with van der Waals surface area (Å²) in [6, 6.07) is 0.